The fourth-order valence-corrected chi connectivity index (χ4v) is 5.26. The maximum Gasteiger partial charge on any atom is 0.261 e. The zero-order chi connectivity index (χ0) is 28.8. The van der Waals surface area contributed by atoms with E-state index in [1.807, 2.05) is 79.7 Å². The van der Waals surface area contributed by atoms with Crippen molar-refractivity contribution >= 4 is 18.5 Å². The predicted octanol–water partition coefficient (Wildman–Crippen LogP) is 7.58. The van der Waals surface area contributed by atoms with E-state index in [1.54, 1.807) is 28.8 Å². The van der Waals surface area contributed by atoms with Crippen LogP contribution >= 0.6 is 18.5 Å². The molecule has 208 valence electrons. The number of rotatable bonds is 10. The summed E-state index contributed by atoms with van der Waals surface area (Å²) < 4.78 is 22.9. The van der Waals surface area contributed by atoms with Crippen molar-refractivity contribution < 1.29 is 9.13 Å². The number of benzene rings is 4. The van der Waals surface area contributed by atoms with Gasteiger partial charge in [-0.05, 0) is 47.7 Å². The Hall–Kier alpha value is -3.65. The van der Waals surface area contributed by atoms with E-state index in [4.69, 9.17) is 9.72 Å². The topological polar surface area (TPSA) is 44.1 Å². The molecule has 0 saturated carbocycles. The van der Waals surface area contributed by atoms with Crippen molar-refractivity contribution in [2.45, 2.75) is 31.9 Å². The summed E-state index contributed by atoms with van der Waals surface area (Å²) in [6.07, 6.45) is 0.917. The maximum absolute atomic E-state index is 14.9. The smallest absolute Gasteiger partial charge is 0.261 e. The summed E-state index contributed by atoms with van der Waals surface area (Å²) in [5.74, 6) is 1.22. The molecular weight excluding hydrogens is 549 g/mol. The highest BCUT2D eigenvalue weighted by Gasteiger charge is 2.24. The lowest BCUT2D eigenvalue weighted by molar-refractivity contribution is 0.307. The lowest BCUT2D eigenvalue weighted by Gasteiger charge is -2.20. The Balaban J connectivity index is 1.59. The molecule has 0 aliphatic carbocycles. The van der Waals surface area contributed by atoms with Gasteiger partial charge < -0.3 is 4.74 Å². The summed E-state index contributed by atoms with van der Waals surface area (Å²) in [6, 6.07) is 34.8. The molecule has 41 heavy (non-hydrogen) atoms. The molecule has 1 aromatic heterocycles. The van der Waals surface area contributed by atoms with Crippen LogP contribution in [0.15, 0.2) is 114 Å². The Morgan fingerprint density at radius 1 is 0.854 bits per heavy atom. The predicted molar refractivity (Wildman–Crippen MR) is 172 cm³/mol. The van der Waals surface area contributed by atoms with Crippen LogP contribution in [0.5, 0.6) is 5.75 Å². The maximum atomic E-state index is 14.9. The molecule has 0 spiro atoms. The van der Waals surface area contributed by atoms with Crippen molar-refractivity contribution in [2.24, 2.45) is 0 Å². The van der Waals surface area contributed by atoms with Crippen LogP contribution in [0.25, 0.3) is 22.5 Å². The van der Waals surface area contributed by atoms with E-state index >= 15 is 0 Å². The minimum Gasteiger partial charge on any atom is -0.488 e. The monoisotopic (exact) mass is 582 g/mol. The van der Waals surface area contributed by atoms with Gasteiger partial charge >= 0.3 is 0 Å². The van der Waals surface area contributed by atoms with Gasteiger partial charge in [-0.1, -0.05) is 106 Å². The van der Waals surface area contributed by atoms with Gasteiger partial charge in [0.25, 0.3) is 5.56 Å². The Morgan fingerprint density at radius 2 is 1.46 bits per heavy atom. The average Bonchev–Trinajstić information content (AvgIpc) is 3.01. The molecule has 0 aliphatic rings. The summed E-state index contributed by atoms with van der Waals surface area (Å²) in [4.78, 5) is 19.2. The molecular formula is C34H33FN2O2P2. The summed E-state index contributed by atoms with van der Waals surface area (Å²) >= 11 is 0. The molecule has 4 nitrogen and oxygen atoms in total. The highest BCUT2D eigenvalue weighted by Crippen LogP contribution is 2.36. The second-order valence-corrected chi connectivity index (χ2v) is 11.3. The van der Waals surface area contributed by atoms with E-state index in [-0.39, 0.29) is 11.7 Å². The van der Waals surface area contributed by atoms with Crippen LogP contribution in [-0.4, -0.2) is 15.7 Å². The van der Waals surface area contributed by atoms with Crippen LogP contribution in [0.1, 0.15) is 22.4 Å². The van der Waals surface area contributed by atoms with Gasteiger partial charge in [-0.25, -0.2) is 9.37 Å². The fraction of sp³-hybridized carbons (Fsp3) is 0.176. The highest BCUT2D eigenvalue weighted by atomic mass is 31.0. The molecule has 0 saturated heterocycles. The molecule has 0 aliphatic heterocycles. The van der Waals surface area contributed by atoms with Crippen molar-refractivity contribution in [1.29, 1.82) is 0 Å². The summed E-state index contributed by atoms with van der Waals surface area (Å²) in [5, 5.41) is -1.54. The SMILES string of the molecule is Cc1nc(-c2ccccc2OCc2ccccc2)n(CCc2ccccc2)c(=O)c1-c1ccc(C(F)(P)CP)cc1. The quantitative estimate of drug-likeness (QED) is 0.160. The third kappa shape index (κ3) is 6.64. The molecule has 0 radical (unpaired) electrons. The second kappa shape index (κ2) is 12.9. The van der Waals surface area contributed by atoms with Crippen LogP contribution in [0, 0.1) is 6.92 Å². The van der Waals surface area contributed by atoms with Crippen LogP contribution in [-0.2, 0) is 25.0 Å². The Bertz CT molecular complexity index is 1670. The Labute approximate surface area is 245 Å². The molecule has 0 fully saturated rings. The van der Waals surface area contributed by atoms with E-state index in [0.717, 1.165) is 16.7 Å². The third-order valence-corrected chi connectivity index (χ3v) is 8.77. The minimum atomic E-state index is -1.54. The fourth-order valence-electron chi connectivity index (χ4n) is 4.84. The van der Waals surface area contributed by atoms with Crippen molar-refractivity contribution in [3.8, 4) is 28.3 Å². The molecule has 3 atom stereocenters. The number of alkyl halides is 1. The first-order valence-electron chi connectivity index (χ1n) is 13.6. The van der Waals surface area contributed by atoms with Gasteiger partial charge in [-0.3, -0.25) is 9.36 Å². The lowest BCUT2D eigenvalue weighted by atomic mass is 10.0. The van der Waals surface area contributed by atoms with Crippen molar-refractivity contribution in [3.05, 3.63) is 142 Å². The molecule has 7 heteroatoms. The van der Waals surface area contributed by atoms with E-state index < -0.39 is 5.41 Å². The largest absolute Gasteiger partial charge is 0.488 e. The molecule has 0 amide bonds. The first-order valence-corrected chi connectivity index (χ1v) is 15.0. The number of aryl methyl sites for hydroxylation is 2. The molecule has 1 heterocycles. The first kappa shape index (κ1) is 28.9. The minimum absolute atomic E-state index is 0.141. The summed E-state index contributed by atoms with van der Waals surface area (Å²) in [6.45, 7) is 2.69. The number of hydrogen-bond acceptors (Lipinski definition) is 3. The molecule has 3 unspecified atom stereocenters. The Morgan fingerprint density at radius 3 is 2.12 bits per heavy atom. The van der Waals surface area contributed by atoms with Gasteiger partial charge in [0.15, 0.2) is 5.41 Å². The van der Waals surface area contributed by atoms with Gasteiger partial charge in [0, 0.05) is 12.7 Å². The van der Waals surface area contributed by atoms with E-state index in [0.29, 0.717) is 53.5 Å². The van der Waals surface area contributed by atoms with E-state index in [1.165, 1.54) is 0 Å². The number of ether oxygens (including phenoxy) is 1. The molecule has 0 bridgehead atoms. The van der Waals surface area contributed by atoms with Gasteiger partial charge in [0.2, 0.25) is 0 Å². The first-order chi connectivity index (χ1) is 19.9. The summed E-state index contributed by atoms with van der Waals surface area (Å²) in [5.41, 5.74) is 5.16. The Kier molecular flexibility index (Phi) is 9.08. The van der Waals surface area contributed by atoms with Crippen LogP contribution in [0.3, 0.4) is 0 Å². The van der Waals surface area contributed by atoms with Crippen molar-refractivity contribution in [2.75, 3.05) is 6.16 Å². The summed E-state index contributed by atoms with van der Waals surface area (Å²) in [7, 11) is 4.70. The zero-order valence-electron chi connectivity index (χ0n) is 23.0. The normalized spacial score (nSPS) is 12.6. The average molecular weight is 583 g/mol. The highest BCUT2D eigenvalue weighted by molar-refractivity contribution is 7.22. The van der Waals surface area contributed by atoms with Crippen LogP contribution in [0.4, 0.5) is 4.39 Å². The number of nitrogens with zero attached hydrogens (tertiary/aromatic N) is 2. The van der Waals surface area contributed by atoms with E-state index in [2.05, 4.69) is 30.6 Å². The second-order valence-electron chi connectivity index (χ2n) is 10.0. The number of para-hydroxylation sites is 1. The zero-order valence-corrected chi connectivity index (χ0v) is 25.3. The van der Waals surface area contributed by atoms with Crippen LogP contribution < -0.4 is 10.3 Å². The molecule has 0 N–H and O–H groups in total. The van der Waals surface area contributed by atoms with Gasteiger partial charge in [-0.15, -0.1) is 9.24 Å². The van der Waals surface area contributed by atoms with Gasteiger partial charge in [0.1, 0.15) is 18.2 Å². The standard InChI is InChI=1S/C34H33FN2O2P2/c1-24-31(27-16-18-28(19-17-27)34(35,41)23-40)33(38)37(21-20-25-10-4-2-5-11-25)32(36-24)29-14-8-9-15-30(29)39-22-26-12-6-3-7-13-26/h2-19H,20-23,40-41H2,1H3. The van der Waals surface area contributed by atoms with E-state index in [9.17, 15) is 9.18 Å². The van der Waals surface area contributed by atoms with Crippen molar-refractivity contribution in [1.82, 2.24) is 9.55 Å². The molecule has 5 aromatic rings. The van der Waals surface area contributed by atoms with Crippen LogP contribution in [0.2, 0.25) is 0 Å². The number of hydrogen-bond donors (Lipinski definition) is 0. The van der Waals surface area contributed by atoms with Crippen molar-refractivity contribution in [3.63, 3.8) is 0 Å². The molecule has 4 aromatic carbocycles. The third-order valence-electron chi connectivity index (χ3n) is 7.13. The number of halogens is 1. The lowest BCUT2D eigenvalue weighted by Crippen LogP contribution is -2.27. The number of aromatic nitrogens is 2. The van der Waals surface area contributed by atoms with Gasteiger partial charge in [-0.2, -0.15) is 0 Å². The molecule has 5 rings (SSSR count). The van der Waals surface area contributed by atoms with Gasteiger partial charge in [0.05, 0.1) is 16.8 Å².